The smallest absolute Gasteiger partial charge is 0.165 e. The number of aliphatic hydroxyl groups excluding tert-OH is 1. The number of carbonyl (C=O) groups excluding carboxylic acids is 1. The summed E-state index contributed by atoms with van der Waals surface area (Å²) in [7, 11) is 0. The van der Waals surface area contributed by atoms with Crippen LogP contribution in [-0.2, 0) is 4.79 Å². The molecule has 2 N–H and O–H groups in total. The Bertz CT molecular complexity index is 528. The first-order valence-electron chi connectivity index (χ1n) is 5.43. The molecular formula is C13H15NO2. The van der Waals surface area contributed by atoms with E-state index in [1.807, 2.05) is 31.2 Å². The van der Waals surface area contributed by atoms with Crippen LogP contribution in [0.15, 0.2) is 24.3 Å². The second-order valence-corrected chi connectivity index (χ2v) is 3.93. The van der Waals surface area contributed by atoms with E-state index in [4.69, 9.17) is 0 Å². The van der Waals surface area contributed by atoms with Crippen LogP contribution in [0.4, 0.5) is 0 Å². The van der Waals surface area contributed by atoms with Gasteiger partial charge in [-0.25, -0.2) is 0 Å². The van der Waals surface area contributed by atoms with E-state index in [1.54, 1.807) is 6.92 Å². The number of aromatic nitrogens is 1. The third-order valence-electron chi connectivity index (χ3n) is 2.87. The minimum Gasteiger partial charge on any atom is -0.380 e. The maximum atomic E-state index is 11.5. The highest BCUT2D eigenvalue weighted by Gasteiger charge is 2.21. The van der Waals surface area contributed by atoms with Gasteiger partial charge in [-0.2, -0.15) is 0 Å². The number of benzene rings is 1. The number of Topliss-reactive ketones (excluding diaryl/α,β-unsaturated/α-hetero) is 1. The van der Waals surface area contributed by atoms with Crippen molar-refractivity contribution < 1.29 is 9.90 Å². The van der Waals surface area contributed by atoms with Gasteiger partial charge in [-0.1, -0.05) is 25.1 Å². The van der Waals surface area contributed by atoms with Gasteiger partial charge in [-0.05, 0) is 13.0 Å². The minimum atomic E-state index is -1.01. The van der Waals surface area contributed by atoms with Gasteiger partial charge in [0.25, 0.3) is 0 Å². The summed E-state index contributed by atoms with van der Waals surface area (Å²) in [6.07, 6.45) is -0.665. The number of carbonyl (C=O) groups is 1. The maximum absolute atomic E-state index is 11.5. The Labute approximate surface area is 94.1 Å². The quantitative estimate of drug-likeness (QED) is 0.829. The van der Waals surface area contributed by atoms with Crippen molar-refractivity contribution >= 4 is 16.7 Å². The fraction of sp³-hybridized carbons (Fsp3) is 0.308. The summed E-state index contributed by atoms with van der Waals surface area (Å²) in [6, 6.07) is 7.69. The zero-order chi connectivity index (χ0) is 11.7. The van der Waals surface area contributed by atoms with Gasteiger partial charge in [0.1, 0.15) is 6.10 Å². The number of ketones is 1. The summed E-state index contributed by atoms with van der Waals surface area (Å²) in [6.45, 7) is 3.64. The molecule has 0 aliphatic carbocycles. The van der Waals surface area contributed by atoms with Crippen LogP contribution in [0.2, 0.25) is 0 Å². The summed E-state index contributed by atoms with van der Waals surface area (Å²) in [5, 5.41) is 10.9. The molecule has 0 aliphatic rings. The number of fused-ring (bicyclic) bond motifs is 1. The summed E-state index contributed by atoms with van der Waals surface area (Å²) in [5.41, 5.74) is 2.52. The predicted molar refractivity (Wildman–Crippen MR) is 63.3 cm³/mol. The summed E-state index contributed by atoms with van der Waals surface area (Å²) >= 11 is 0. The number of aryl methyl sites for hydroxylation is 1. The van der Waals surface area contributed by atoms with Crippen molar-refractivity contribution in [3.05, 3.63) is 35.5 Å². The Morgan fingerprint density at radius 3 is 2.81 bits per heavy atom. The standard InChI is InChI=1S/C13H15NO2/c1-3-11(15)13(16)12-8(2)14-10-7-5-4-6-9(10)12/h4-7,13-14,16H,3H2,1-2H3. The average molecular weight is 217 g/mol. The summed E-state index contributed by atoms with van der Waals surface area (Å²) in [5.74, 6) is -0.146. The molecule has 0 saturated carbocycles. The van der Waals surface area contributed by atoms with E-state index in [2.05, 4.69) is 4.98 Å². The first-order valence-corrected chi connectivity index (χ1v) is 5.43. The van der Waals surface area contributed by atoms with E-state index in [9.17, 15) is 9.90 Å². The number of H-pyrrole nitrogens is 1. The van der Waals surface area contributed by atoms with Crippen molar-refractivity contribution in [3.63, 3.8) is 0 Å². The molecule has 0 saturated heterocycles. The third-order valence-corrected chi connectivity index (χ3v) is 2.87. The van der Waals surface area contributed by atoms with Gasteiger partial charge >= 0.3 is 0 Å². The fourth-order valence-corrected chi connectivity index (χ4v) is 2.01. The lowest BCUT2D eigenvalue weighted by atomic mass is 10.0. The molecule has 84 valence electrons. The van der Waals surface area contributed by atoms with E-state index in [0.717, 1.165) is 16.6 Å². The van der Waals surface area contributed by atoms with Gasteiger partial charge in [0.2, 0.25) is 0 Å². The summed E-state index contributed by atoms with van der Waals surface area (Å²) < 4.78 is 0. The van der Waals surface area contributed by atoms with E-state index >= 15 is 0 Å². The lowest BCUT2D eigenvalue weighted by Gasteiger charge is -2.08. The zero-order valence-corrected chi connectivity index (χ0v) is 9.45. The van der Waals surface area contributed by atoms with Crippen molar-refractivity contribution in [1.82, 2.24) is 4.98 Å². The van der Waals surface area contributed by atoms with Crippen LogP contribution in [0.3, 0.4) is 0 Å². The van der Waals surface area contributed by atoms with Crippen LogP contribution in [0.25, 0.3) is 10.9 Å². The normalized spacial score (nSPS) is 12.9. The van der Waals surface area contributed by atoms with Crippen molar-refractivity contribution in [1.29, 1.82) is 0 Å². The van der Waals surface area contributed by atoms with Crippen LogP contribution in [0.1, 0.15) is 30.7 Å². The van der Waals surface area contributed by atoms with E-state index in [0.29, 0.717) is 12.0 Å². The number of nitrogens with one attached hydrogen (secondary N) is 1. The highest BCUT2D eigenvalue weighted by atomic mass is 16.3. The molecule has 2 rings (SSSR count). The topological polar surface area (TPSA) is 53.1 Å². The van der Waals surface area contributed by atoms with Crippen molar-refractivity contribution in [2.75, 3.05) is 0 Å². The van der Waals surface area contributed by atoms with Crippen molar-refractivity contribution in [3.8, 4) is 0 Å². The number of aromatic amines is 1. The molecule has 1 aromatic carbocycles. The molecule has 0 spiro atoms. The molecule has 1 unspecified atom stereocenters. The molecule has 0 amide bonds. The zero-order valence-electron chi connectivity index (χ0n) is 9.45. The molecular weight excluding hydrogens is 202 g/mol. The van der Waals surface area contributed by atoms with Crippen LogP contribution in [0, 0.1) is 6.92 Å². The van der Waals surface area contributed by atoms with Gasteiger partial charge in [0.15, 0.2) is 5.78 Å². The van der Waals surface area contributed by atoms with E-state index < -0.39 is 6.10 Å². The molecule has 3 heteroatoms. The molecule has 0 aliphatic heterocycles. The van der Waals surface area contributed by atoms with Gasteiger partial charge < -0.3 is 10.1 Å². The fourth-order valence-electron chi connectivity index (χ4n) is 2.01. The van der Waals surface area contributed by atoms with Gasteiger partial charge in [-0.3, -0.25) is 4.79 Å². The molecule has 2 aromatic rings. The number of aliphatic hydroxyl groups is 1. The Morgan fingerprint density at radius 2 is 2.12 bits per heavy atom. The molecule has 1 aromatic heterocycles. The number of hydrogen-bond donors (Lipinski definition) is 2. The van der Waals surface area contributed by atoms with Gasteiger partial charge in [0, 0.05) is 28.6 Å². The minimum absolute atomic E-state index is 0.146. The van der Waals surface area contributed by atoms with Crippen LogP contribution < -0.4 is 0 Å². The Kier molecular flexibility index (Phi) is 2.79. The number of rotatable bonds is 3. The SMILES string of the molecule is CCC(=O)C(O)c1c(C)[nH]c2ccccc12. The predicted octanol–water partition coefficient (Wildman–Crippen LogP) is 2.49. The highest BCUT2D eigenvalue weighted by Crippen LogP contribution is 2.28. The highest BCUT2D eigenvalue weighted by molar-refractivity contribution is 5.92. The molecule has 1 atom stereocenters. The maximum Gasteiger partial charge on any atom is 0.165 e. The Morgan fingerprint density at radius 1 is 1.44 bits per heavy atom. The summed E-state index contributed by atoms with van der Waals surface area (Å²) in [4.78, 5) is 14.7. The van der Waals surface area contributed by atoms with Crippen molar-refractivity contribution in [2.24, 2.45) is 0 Å². The van der Waals surface area contributed by atoms with Gasteiger partial charge in [0.05, 0.1) is 0 Å². The first kappa shape index (κ1) is 10.9. The Balaban J connectivity index is 2.59. The second kappa shape index (κ2) is 4.10. The van der Waals surface area contributed by atoms with Crippen LogP contribution in [0.5, 0.6) is 0 Å². The number of para-hydroxylation sites is 1. The average Bonchev–Trinajstić information content (AvgIpc) is 2.63. The number of hydrogen-bond acceptors (Lipinski definition) is 2. The van der Waals surface area contributed by atoms with E-state index in [-0.39, 0.29) is 5.78 Å². The molecule has 1 heterocycles. The van der Waals surface area contributed by atoms with Crippen LogP contribution in [-0.4, -0.2) is 15.9 Å². The van der Waals surface area contributed by atoms with Crippen LogP contribution >= 0.6 is 0 Å². The second-order valence-electron chi connectivity index (χ2n) is 3.93. The molecule has 0 bridgehead atoms. The lowest BCUT2D eigenvalue weighted by molar-refractivity contribution is -0.127. The third kappa shape index (κ3) is 1.63. The molecule has 0 fully saturated rings. The van der Waals surface area contributed by atoms with Crippen molar-refractivity contribution in [2.45, 2.75) is 26.4 Å². The monoisotopic (exact) mass is 217 g/mol. The Hall–Kier alpha value is -1.61. The first-order chi connectivity index (χ1) is 7.65. The van der Waals surface area contributed by atoms with E-state index in [1.165, 1.54) is 0 Å². The molecule has 3 nitrogen and oxygen atoms in total. The molecule has 16 heavy (non-hydrogen) atoms. The molecule has 0 radical (unpaired) electrons. The van der Waals surface area contributed by atoms with Gasteiger partial charge in [-0.15, -0.1) is 0 Å². The lowest BCUT2D eigenvalue weighted by Crippen LogP contribution is -2.11. The largest absolute Gasteiger partial charge is 0.380 e.